The summed E-state index contributed by atoms with van der Waals surface area (Å²) in [5, 5.41) is 0. The van der Waals surface area contributed by atoms with Gasteiger partial charge in [0.25, 0.3) is 5.91 Å². The first kappa shape index (κ1) is 14.3. The first-order chi connectivity index (χ1) is 9.11. The fourth-order valence-electron chi connectivity index (χ4n) is 2.60. The van der Waals surface area contributed by atoms with Crippen molar-refractivity contribution in [2.24, 2.45) is 5.92 Å². The van der Waals surface area contributed by atoms with E-state index in [9.17, 15) is 9.18 Å². The van der Waals surface area contributed by atoms with Gasteiger partial charge in [-0.2, -0.15) is 0 Å². The van der Waals surface area contributed by atoms with Crippen LogP contribution in [-0.4, -0.2) is 29.8 Å². The molecule has 0 N–H and O–H groups in total. The smallest absolute Gasteiger partial charge is 0.256 e. The Bertz CT molecular complexity index is 461. The summed E-state index contributed by atoms with van der Waals surface area (Å²) >= 11 is 5.76. The Hall–Kier alpha value is -1.09. The van der Waals surface area contributed by atoms with Gasteiger partial charge < -0.3 is 4.90 Å². The van der Waals surface area contributed by atoms with Gasteiger partial charge in [0.1, 0.15) is 5.82 Å². The third-order valence-corrected chi connectivity index (χ3v) is 3.90. The molecule has 19 heavy (non-hydrogen) atoms. The minimum Gasteiger partial charge on any atom is -0.338 e. The molecule has 4 heteroatoms. The summed E-state index contributed by atoms with van der Waals surface area (Å²) in [7, 11) is 0. The van der Waals surface area contributed by atoms with Crippen LogP contribution in [0.1, 0.15) is 35.2 Å². The van der Waals surface area contributed by atoms with Crippen molar-refractivity contribution in [2.75, 3.05) is 19.0 Å². The Kier molecular flexibility index (Phi) is 4.81. The molecule has 0 bridgehead atoms. The van der Waals surface area contributed by atoms with Gasteiger partial charge in [0.2, 0.25) is 0 Å². The SMILES string of the molecule is Cc1ccc(C(=O)N2CCCC(CCCl)C2)c(F)c1. The maximum absolute atomic E-state index is 13.8. The molecule has 0 spiro atoms. The second-order valence-corrected chi connectivity index (χ2v) is 5.60. The highest BCUT2D eigenvalue weighted by molar-refractivity contribution is 6.17. The molecule has 0 saturated carbocycles. The molecule has 1 atom stereocenters. The molecule has 2 rings (SSSR count). The van der Waals surface area contributed by atoms with Crippen LogP contribution in [0, 0.1) is 18.7 Å². The van der Waals surface area contributed by atoms with Gasteiger partial charge in [0, 0.05) is 19.0 Å². The molecular formula is C15H19ClFNO. The molecule has 1 heterocycles. The number of likely N-dealkylation sites (tertiary alicyclic amines) is 1. The van der Waals surface area contributed by atoms with Crippen LogP contribution >= 0.6 is 11.6 Å². The van der Waals surface area contributed by atoms with Crippen molar-refractivity contribution < 1.29 is 9.18 Å². The van der Waals surface area contributed by atoms with Crippen molar-refractivity contribution >= 4 is 17.5 Å². The van der Waals surface area contributed by atoms with Gasteiger partial charge >= 0.3 is 0 Å². The molecule has 2 nitrogen and oxygen atoms in total. The Balaban J connectivity index is 2.10. The number of nitrogens with zero attached hydrogens (tertiary/aromatic N) is 1. The van der Waals surface area contributed by atoms with Crippen LogP contribution in [0.2, 0.25) is 0 Å². The summed E-state index contributed by atoms with van der Waals surface area (Å²) in [6, 6.07) is 4.77. The second-order valence-electron chi connectivity index (χ2n) is 5.22. The van der Waals surface area contributed by atoms with E-state index in [4.69, 9.17) is 11.6 Å². The largest absolute Gasteiger partial charge is 0.338 e. The van der Waals surface area contributed by atoms with E-state index in [1.165, 1.54) is 6.07 Å². The van der Waals surface area contributed by atoms with Crippen molar-refractivity contribution in [1.82, 2.24) is 4.90 Å². The topological polar surface area (TPSA) is 20.3 Å². The number of benzene rings is 1. The minimum atomic E-state index is -0.426. The molecule has 1 aliphatic heterocycles. The highest BCUT2D eigenvalue weighted by Gasteiger charge is 2.25. The molecule has 1 aliphatic rings. The van der Waals surface area contributed by atoms with E-state index < -0.39 is 5.82 Å². The molecule has 0 radical (unpaired) electrons. The Labute approximate surface area is 118 Å². The molecule has 1 amide bonds. The predicted octanol–water partition coefficient (Wildman–Crippen LogP) is 3.62. The number of hydrogen-bond donors (Lipinski definition) is 0. The lowest BCUT2D eigenvalue weighted by atomic mass is 9.95. The highest BCUT2D eigenvalue weighted by atomic mass is 35.5. The highest BCUT2D eigenvalue weighted by Crippen LogP contribution is 2.22. The quantitative estimate of drug-likeness (QED) is 0.776. The zero-order valence-electron chi connectivity index (χ0n) is 11.2. The lowest BCUT2D eigenvalue weighted by Gasteiger charge is -2.32. The number of carbonyl (C=O) groups excluding carboxylic acids is 1. The molecule has 0 aliphatic carbocycles. The van der Waals surface area contributed by atoms with Gasteiger partial charge in [0.05, 0.1) is 5.56 Å². The zero-order valence-corrected chi connectivity index (χ0v) is 11.9. The second kappa shape index (κ2) is 6.38. The minimum absolute atomic E-state index is 0.178. The van der Waals surface area contributed by atoms with E-state index in [1.54, 1.807) is 17.0 Å². The van der Waals surface area contributed by atoms with Crippen molar-refractivity contribution in [3.8, 4) is 0 Å². The monoisotopic (exact) mass is 283 g/mol. The van der Waals surface area contributed by atoms with E-state index >= 15 is 0 Å². The van der Waals surface area contributed by atoms with Crippen LogP contribution in [0.5, 0.6) is 0 Å². The van der Waals surface area contributed by atoms with Crippen molar-refractivity contribution in [3.63, 3.8) is 0 Å². The Morgan fingerprint density at radius 1 is 1.53 bits per heavy atom. The van der Waals surface area contributed by atoms with Crippen LogP contribution in [-0.2, 0) is 0 Å². The molecule has 1 unspecified atom stereocenters. The zero-order chi connectivity index (χ0) is 13.8. The maximum Gasteiger partial charge on any atom is 0.256 e. The fourth-order valence-corrected chi connectivity index (χ4v) is 2.91. The first-order valence-electron chi connectivity index (χ1n) is 6.73. The number of aryl methyl sites for hydroxylation is 1. The van der Waals surface area contributed by atoms with E-state index in [1.807, 2.05) is 6.92 Å². The molecule has 0 aromatic heterocycles. The summed E-state index contributed by atoms with van der Waals surface area (Å²) in [5.41, 5.74) is 1.00. The van der Waals surface area contributed by atoms with Crippen LogP contribution in [0.25, 0.3) is 0 Å². The number of alkyl halides is 1. The lowest BCUT2D eigenvalue weighted by molar-refractivity contribution is 0.0667. The predicted molar refractivity (Wildman–Crippen MR) is 75.1 cm³/mol. The molecule has 1 aromatic rings. The molecule has 104 valence electrons. The summed E-state index contributed by atoms with van der Waals surface area (Å²) in [6.07, 6.45) is 3.00. The van der Waals surface area contributed by atoms with Crippen LogP contribution in [0.4, 0.5) is 4.39 Å². The summed E-state index contributed by atoms with van der Waals surface area (Å²) in [6.45, 7) is 3.22. The van der Waals surface area contributed by atoms with Crippen LogP contribution in [0.15, 0.2) is 18.2 Å². The number of halogens is 2. The average Bonchev–Trinajstić information content (AvgIpc) is 2.39. The lowest BCUT2D eigenvalue weighted by Crippen LogP contribution is -2.40. The number of carbonyl (C=O) groups is 1. The van der Waals surface area contributed by atoms with Gasteiger partial charge in [0.15, 0.2) is 0 Å². The summed E-state index contributed by atoms with van der Waals surface area (Å²) in [5.74, 6) is 0.441. The van der Waals surface area contributed by atoms with Crippen molar-refractivity contribution in [1.29, 1.82) is 0 Å². The maximum atomic E-state index is 13.8. The average molecular weight is 284 g/mol. The number of hydrogen-bond acceptors (Lipinski definition) is 1. The first-order valence-corrected chi connectivity index (χ1v) is 7.26. The fraction of sp³-hybridized carbons (Fsp3) is 0.533. The number of rotatable bonds is 3. The third-order valence-electron chi connectivity index (χ3n) is 3.68. The summed E-state index contributed by atoms with van der Waals surface area (Å²) < 4.78 is 13.8. The van der Waals surface area contributed by atoms with Crippen LogP contribution in [0.3, 0.4) is 0 Å². The Morgan fingerprint density at radius 3 is 3.00 bits per heavy atom. The molecular weight excluding hydrogens is 265 g/mol. The van der Waals surface area contributed by atoms with E-state index in [2.05, 4.69) is 0 Å². The van der Waals surface area contributed by atoms with E-state index in [-0.39, 0.29) is 11.5 Å². The van der Waals surface area contributed by atoms with E-state index in [0.717, 1.165) is 24.8 Å². The van der Waals surface area contributed by atoms with Crippen LogP contribution < -0.4 is 0 Å². The summed E-state index contributed by atoms with van der Waals surface area (Å²) in [4.78, 5) is 14.1. The van der Waals surface area contributed by atoms with Gasteiger partial charge in [-0.15, -0.1) is 11.6 Å². The van der Waals surface area contributed by atoms with Crippen molar-refractivity contribution in [2.45, 2.75) is 26.2 Å². The van der Waals surface area contributed by atoms with Gasteiger partial charge in [-0.25, -0.2) is 4.39 Å². The number of amides is 1. The number of piperidine rings is 1. The van der Waals surface area contributed by atoms with Gasteiger partial charge in [-0.1, -0.05) is 6.07 Å². The van der Waals surface area contributed by atoms with Crippen molar-refractivity contribution in [3.05, 3.63) is 35.1 Å². The molecule has 1 aromatic carbocycles. The Morgan fingerprint density at radius 2 is 2.32 bits per heavy atom. The molecule has 1 saturated heterocycles. The van der Waals surface area contributed by atoms with E-state index in [0.29, 0.717) is 24.9 Å². The normalized spacial score (nSPS) is 19.5. The third kappa shape index (κ3) is 3.47. The molecule has 1 fully saturated rings. The standard InChI is InChI=1S/C15H19ClFNO/c1-11-4-5-13(14(17)9-11)15(19)18-8-2-3-12(10-18)6-7-16/h4-5,9,12H,2-3,6-8,10H2,1H3. The van der Waals surface area contributed by atoms with Gasteiger partial charge in [-0.3, -0.25) is 4.79 Å². The van der Waals surface area contributed by atoms with Gasteiger partial charge in [-0.05, 0) is 49.8 Å².